The summed E-state index contributed by atoms with van der Waals surface area (Å²) in [5.41, 5.74) is 0.871. The first-order valence-corrected chi connectivity index (χ1v) is 8.05. The maximum atomic E-state index is 11.9. The number of halogens is 1. The second kappa shape index (κ2) is 7.40. The Morgan fingerprint density at radius 2 is 1.96 bits per heavy atom. The minimum atomic E-state index is -0.178. The van der Waals surface area contributed by atoms with Crippen molar-refractivity contribution in [3.63, 3.8) is 0 Å². The van der Waals surface area contributed by atoms with Gasteiger partial charge in [-0.25, -0.2) is 9.37 Å². The molecule has 1 aliphatic rings. The van der Waals surface area contributed by atoms with Crippen molar-refractivity contribution in [2.75, 3.05) is 32.1 Å². The molecule has 0 radical (unpaired) electrons. The van der Waals surface area contributed by atoms with Gasteiger partial charge in [0.1, 0.15) is 11.6 Å². The van der Waals surface area contributed by atoms with Crippen LogP contribution in [-0.2, 0) is 0 Å². The molecule has 1 aromatic carbocycles. The number of likely N-dealkylation sites (N-methyl/N-ethyl adjacent to an activating group) is 1. The first-order valence-electron chi connectivity index (χ1n) is 8.05. The monoisotopic (exact) mass is 327 g/mol. The van der Waals surface area contributed by atoms with Crippen molar-refractivity contribution in [1.82, 2.24) is 20.1 Å². The van der Waals surface area contributed by atoms with Crippen LogP contribution in [0.25, 0.3) is 11.0 Å². The first-order chi connectivity index (χ1) is 11.6. The molecule has 1 atom stereocenters. The lowest BCUT2D eigenvalue weighted by Crippen LogP contribution is -2.31. The molecule has 1 unspecified atom stereocenters. The number of aromatic amines is 1. The molecular weight excluding hydrogens is 305 g/mol. The molecule has 5 nitrogen and oxygen atoms in total. The average molecular weight is 327 g/mol. The summed E-state index contributed by atoms with van der Waals surface area (Å²) in [6.45, 7) is 2.13. The third-order valence-electron chi connectivity index (χ3n) is 4.24. The van der Waals surface area contributed by atoms with Gasteiger partial charge in [-0.15, -0.1) is 0 Å². The Kier molecular flexibility index (Phi) is 5.05. The smallest absolute Gasteiger partial charge is 0.157 e. The largest absolute Gasteiger partial charge is 0.355 e. The van der Waals surface area contributed by atoms with Gasteiger partial charge in [0.25, 0.3) is 0 Å². The zero-order chi connectivity index (χ0) is 16.9. The number of fused-ring (bicyclic) bond motifs is 1. The van der Waals surface area contributed by atoms with Gasteiger partial charge < -0.3 is 9.80 Å². The first kappa shape index (κ1) is 16.4. The minimum Gasteiger partial charge on any atom is -0.355 e. The van der Waals surface area contributed by atoms with Crippen LogP contribution in [0, 0.1) is 5.82 Å². The van der Waals surface area contributed by atoms with Crippen LogP contribution in [0.1, 0.15) is 6.42 Å². The Morgan fingerprint density at radius 3 is 2.58 bits per heavy atom. The van der Waals surface area contributed by atoms with Gasteiger partial charge in [0, 0.05) is 24.5 Å². The summed E-state index contributed by atoms with van der Waals surface area (Å²) >= 11 is 0. The molecule has 3 heterocycles. The van der Waals surface area contributed by atoms with Crippen molar-refractivity contribution in [2.45, 2.75) is 12.5 Å². The van der Waals surface area contributed by atoms with E-state index in [1.54, 1.807) is 24.4 Å². The molecule has 0 bridgehead atoms. The zero-order valence-electron chi connectivity index (χ0n) is 14.0. The Hall–Kier alpha value is -2.47. The molecule has 126 valence electrons. The van der Waals surface area contributed by atoms with Gasteiger partial charge in [-0.05, 0) is 44.8 Å². The molecule has 0 spiro atoms. The predicted molar refractivity (Wildman–Crippen MR) is 94.6 cm³/mol. The van der Waals surface area contributed by atoms with Gasteiger partial charge in [-0.2, -0.15) is 5.10 Å². The van der Waals surface area contributed by atoms with Gasteiger partial charge in [-0.1, -0.05) is 18.2 Å². The summed E-state index contributed by atoms with van der Waals surface area (Å²) in [4.78, 5) is 9.23. The number of aromatic nitrogens is 3. The molecule has 4 rings (SSSR count). The number of H-pyrrole nitrogens is 1. The highest BCUT2D eigenvalue weighted by Gasteiger charge is 2.24. The van der Waals surface area contributed by atoms with Crippen molar-refractivity contribution in [1.29, 1.82) is 0 Å². The molecule has 1 fully saturated rings. The highest BCUT2D eigenvalue weighted by Crippen LogP contribution is 2.22. The second-order valence-corrected chi connectivity index (χ2v) is 6.12. The number of nitrogens with one attached hydrogen (secondary N) is 1. The van der Waals surface area contributed by atoms with E-state index in [-0.39, 0.29) is 5.82 Å². The third-order valence-corrected chi connectivity index (χ3v) is 4.24. The lowest BCUT2D eigenvalue weighted by atomic mass is 10.2. The number of pyridine rings is 1. The van der Waals surface area contributed by atoms with Crippen LogP contribution in [0.2, 0.25) is 0 Å². The van der Waals surface area contributed by atoms with E-state index in [0.29, 0.717) is 6.04 Å². The van der Waals surface area contributed by atoms with Crippen molar-refractivity contribution in [2.24, 2.45) is 0 Å². The normalized spacial score (nSPS) is 17.2. The number of nitrogens with zero attached hydrogens (tertiary/aromatic N) is 4. The molecule has 1 N–H and O–H groups in total. The lowest BCUT2D eigenvalue weighted by molar-refractivity contribution is 0.315. The van der Waals surface area contributed by atoms with E-state index < -0.39 is 0 Å². The van der Waals surface area contributed by atoms with E-state index >= 15 is 0 Å². The topological polar surface area (TPSA) is 48.0 Å². The molecule has 0 aliphatic carbocycles. The van der Waals surface area contributed by atoms with Gasteiger partial charge >= 0.3 is 0 Å². The quantitative estimate of drug-likeness (QED) is 0.786. The molecule has 3 aromatic rings. The van der Waals surface area contributed by atoms with E-state index in [4.69, 9.17) is 0 Å². The van der Waals surface area contributed by atoms with Crippen LogP contribution in [0.15, 0.2) is 48.7 Å². The molecular formula is C18H22FN5. The number of hydrogen-bond donors (Lipinski definition) is 1. The SMILES string of the molecule is CN(C)C1CCN(c2ccc3cn[nH]c3n2)C1.Fc1ccccc1. The van der Waals surface area contributed by atoms with Crippen LogP contribution >= 0.6 is 0 Å². The fourth-order valence-corrected chi connectivity index (χ4v) is 2.78. The van der Waals surface area contributed by atoms with Crippen LogP contribution in [-0.4, -0.2) is 53.3 Å². The Bertz CT molecular complexity index is 771. The zero-order valence-corrected chi connectivity index (χ0v) is 14.0. The summed E-state index contributed by atoms with van der Waals surface area (Å²) < 4.78 is 11.9. The van der Waals surface area contributed by atoms with Gasteiger partial charge in [0.2, 0.25) is 0 Å². The lowest BCUT2D eigenvalue weighted by Gasteiger charge is -2.20. The molecule has 6 heteroatoms. The predicted octanol–water partition coefficient (Wildman–Crippen LogP) is 2.92. The molecule has 2 aromatic heterocycles. The summed E-state index contributed by atoms with van der Waals surface area (Å²) in [6, 6.07) is 12.7. The van der Waals surface area contributed by atoms with E-state index in [9.17, 15) is 4.39 Å². The summed E-state index contributed by atoms with van der Waals surface area (Å²) in [5, 5.41) is 7.98. The summed E-state index contributed by atoms with van der Waals surface area (Å²) in [5.74, 6) is 0.869. The van der Waals surface area contributed by atoms with Gasteiger partial charge in [0.05, 0.1) is 6.20 Å². The number of benzene rings is 1. The maximum absolute atomic E-state index is 11.9. The summed E-state index contributed by atoms with van der Waals surface area (Å²) in [6.07, 6.45) is 3.01. The maximum Gasteiger partial charge on any atom is 0.157 e. The van der Waals surface area contributed by atoms with Crippen LogP contribution < -0.4 is 4.90 Å². The van der Waals surface area contributed by atoms with Crippen molar-refractivity contribution >= 4 is 16.9 Å². The number of rotatable bonds is 2. The van der Waals surface area contributed by atoms with Crippen LogP contribution in [0.5, 0.6) is 0 Å². The van der Waals surface area contributed by atoms with Crippen LogP contribution in [0.3, 0.4) is 0 Å². The van der Waals surface area contributed by atoms with Crippen molar-refractivity contribution in [3.05, 3.63) is 54.5 Å². The number of anilines is 1. The van der Waals surface area contributed by atoms with E-state index in [1.807, 2.05) is 0 Å². The van der Waals surface area contributed by atoms with Crippen molar-refractivity contribution in [3.8, 4) is 0 Å². The highest BCUT2D eigenvalue weighted by atomic mass is 19.1. The third kappa shape index (κ3) is 3.89. The second-order valence-electron chi connectivity index (χ2n) is 6.12. The van der Waals surface area contributed by atoms with Crippen molar-refractivity contribution < 1.29 is 4.39 Å². The fourth-order valence-electron chi connectivity index (χ4n) is 2.78. The Labute approximate surface area is 141 Å². The molecule has 0 saturated carbocycles. The van der Waals surface area contributed by atoms with Crippen LogP contribution in [0.4, 0.5) is 10.2 Å². The molecule has 1 aliphatic heterocycles. The Balaban J connectivity index is 0.000000203. The summed E-state index contributed by atoms with van der Waals surface area (Å²) in [7, 11) is 4.28. The average Bonchev–Trinajstić information content (AvgIpc) is 3.25. The van der Waals surface area contributed by atoms with Gasteiger partial charge in [-0.3, -0.25) is 5.10 Å². The molecule has 1 saturated heterocycles. The molecule has 24 heavy (non-hydrogen) atoms. The van der Waals surface area contributed by atoms with E-state index in [1.165, 1.54) is 18.6 Å². The highest BCUT2D eigenvalue weighted by molar-refractivity contribution is 5.75. The Morgan fingerprint density at radius 1 is 1.17 bits per heavy atom. The minimum absolute atomic E-state index is 0.178. The van der Waals surface area contributed by atoms with E-state index in [2.05, 4.69) is 51.2 Å². The standard InChI is InChI=1S/C12H17N5.C6H5F/c1-16(2)10-5-6-17(8-10)11-4-3-9-7-13-15-12(9)14-11;7-6-4-2-1-3-5-6/h3-4,7,10H,5-6,8H2,1-2H3,(H,13,14,15);1-5H. The molecule has 0 amide bonds. The van der Waals surface area contributed by atoms with E-state index in [0.717, 1.165) is 29.9 Å². The van der Waals surface area contributed by atoms with Gasteiger partial charge in [0.15, 0.2) is 5.65 Å². The fraction of sp³-hybridized carbons (Fsp3) is 0.333. The number of hydrogen-bond acceptors (Lipinski definition) is 4.